The Morgan fingerprint density at radius 3 is 1.82 bits per heavy atom. The summed E-state index contributed by atoms with van der Waals surface area (Å²) in [4.78, 5) is 11.3. The second-order valence-corrected chi connectivity index (χ2v) is 5.35. The highest BCUT2D eigenvalue weighted by molar-refractivity contribution is 14.2. The van der Waals surface area contributed by atoms with Crippen LogP contribution in [-0.4, -0.2) is 4.92 Å². The molecule has 0 unspecified atom stereocenters. The van der Waals surface area contributed by atoms with E-state index in [1.165, 1.54) is 17.0 Å². The highest BCUT2D eigenvalue weighted by atomic mass is 127. The van der Waals surface area contributed by atoms with Gasteiger partial charge in [0.25, 0.3) is 5.69 Å². The van der Waals surface area contributed by atoms with Gasteiger partial charge < -0.3 is 0 Å². The van der Waals surface area contributed by atoms with Gasteiger partial charge in [-0.15, -0.1) is 0 Å². The third-order valence-electron chi connectivity index (χ3n) is 2.35. The SMILES string of the molecule is O=[N+]([O-])c1ccc(-c2ccc(SI)cc2)cc1. The molecule has 0 saturated carbocycles. The summed E-state index contributed by atoms with van der Waals surface area (Å²) in [5, 5.41) is 10.5. The van der Waals surface area contributed by atoms with E-state index in [9.17, 15) is 10.1 Å². The van der Waals surface area contributed by atoms with E-state index in [0.29, 0.717) is 0 Å². The van der Waals surface area contributed by atoms with Crippen LogP contribution in [0.1, 0.15) is 0 Å². The zero-order valence-electron chi connectivity index (χ0n) is 8.67. The maximum Gasteiger partial charge on any atom is 0.269 e. The molecule has 0 bridgehead atoms. The van der Waals surface area contributed by atoms with Crippen molar-refractivity contribution < 1.29 is 4.92 Å². The number of nitro benzene ring substituents is 1. The molecule has 0 aromatic heterocycles. The van der Waals surface area contributed by atoms with E-state index >= 15 is 0 Å². The number of hydrogen-bond donors (Lipinski definition) is 0. The van der Waals surface area contributed by atoms with Crippen LogP contribution < -0.4 is 0 Å². The van der Waals surface area contributed by atoms with Crippen molar-refractivity contribution in [2.24, 2.45) is 0 Å². The number of halogens is 1. The van der Waals surface area contributed by atoms with Crippen LogP contribution in [0, 0.1) is 10.1 Å². The Hall–Kier alpha value is -1.08. The average molecular weight is 357 g/mol. The zero-order chi connectivity index (χ0) is 12.3. The van der Waals surface area contributed by atoms with Crippen molar-refractivity contribution in [3.8, 4) is 11.1 Å². The topological polar surface area (TPSA) is 43.1 Å². The summed E-state index contributed by atoms with van der Waals surface area (Å²) in [6.07, 6.45) is 0. The molecule has 0 fully saturated rings. The van der Waals surface area contributed by atoms with Gasteiger partial charge in [0.15, 0.2) is 0 Å². The minimum Gasteiger partial charge on any atom is -0.258 e. The summed E-state index contributed by atoms with van der Waals surface area (Å²) >= 11 is 2.23. The molecular weight excluding hydrogens is 349 g/mol. The standard InChI is InChI=1S/C12H8INO2S/c13-17-12-7-3-10(4-8-12)9-1-5-11(6-2-9)14(15)16/h1-8H. The van der Waals surface area contributed by atoms with E-state index in [0.717, 1.165) is 11.1 Å². The molecule has 0 radical (unpaired) electrons. The van der Waals surface area contributed by atoms with E-state index in [1.807, 2.05) is 24.3 Å². The molecule has 0 aliphatic heterocycles. The smallest absolute Gasteiger partial charge is 0.258 e. The monoisotopic (exact) mass is 357 g/mol. The molecule has 17 heavy (non-hydrogen) atoms. The van der Waals surface area contributed by atoms with Crippen LogP contribution in [0.15, 0.2) is 53.4 Å². The lowest BCUT2D eigenvalue weighted by molar-refractivity contribution is -0.384. The van der Waals surface area contributed by atoms with Gasteiger partial charge >= 0.3 is 0 Å². The number of nitro groups is 1. The van der Waals surface area contributed by atoms with Crippen LogP contribution in [0.25, 0.3) is 11.1 Å². The first-order chi connectivity index (χ1) is 8.20. The highest BCUT2D eigenvalue weighted by Crippen LogP contribution is 2.28. The zero-order valence-corrected chi connectivity index (χ0v) is 11.6. The van der Waals surface area contributed by atoms with Crippen molar-refractivity contribution in [2.45, 2.75) is 4.90 Å². The van der Waals surface area contributed by atoms with Crippen LogP contribution in [0.5, 0.6) is 0 Å². The molecule has 0 saturated heterocycles. The highest BCUT2D eigenvalue weighted by Gasteiger charge is 2.04. The summed E-state index contributed by atoms with van der Waals surface area (Å²) in [6, 6.07) is 14.7. The normalized spacial score (nSPS) is 10.2. The van der Waals surface area contributed by atoms with Crippen LogP contribution in [0.4, 0.5) is 5.69 Å². The number of nitrogens with zero attached hydrogens (tertiary/aromatic N) is 1. The molecule has 86 valence electrons. The number of rotatable bonds is 3. The molecule has 2 aromatic rings. The Morgan fingerprint density at radius 1 is 0.941 bits per heavy atom. The van der Waals surface area contributed by atoms with Crippen molar-refractivity contribution in [3.63, 3.8) is 0 Å². The summed E-state index contributed by atoms with van der Waals surface area (Å²) < 4.78 is 0. The minimum absolute atomic E-state index is 0.119. The quantitative estimate of drug-likeness (QED) is 0.454. The van der Waals surface area contributed by atoms with Crippen molar-refractivity contribution >= 4 is 35.8 Å². The Bertz CT molecular complexity index is 525. The van der Waals surface area contributed by atoms with Crippen molar-refractivity contribution in [1.29, 1.82) is 0 Å². The van der Waals surface area contributed by atoms with Crippen LogP contribution in [-0.2, 0) is 0 Å². The number of benzene rings is 2. The third-order valence-corrected chi connectivity index (χ3v) is 4.33. The van der Waals surface area contributed by atoms with Gasteiger partial charge in [0, 0.05) is 38.2 Å². The molecule has 2 aromatic carbocycles. The van der Waals surface area contributed by atoms with E-state index in [4.69, 9.17) is 0 Å². The molecule has 0 atom stereocenters. The van der Waals surface area contributed by atoms with Gasteiger partial charge in [-0.25, -0.2) is 0 Å². The van der Waals surface area contributed by atoms with Crippen LogP contribution >= 0.6 is 30.1 Å². The summed E-state index contributed by atoms with van der Waals surface area (Å²) in [7, 11) is 1.66. The summed E-state index contributed by atoms with van der Waals surface area (Å²) in [5.41, 5.74) is 2.17. The second kappa shape index (κ2) is 5.50. The van der Waals surface area contributed by atoms with Crippen molar-refractivity contribution in [3.05, 3.63) is 58.6 Å². The Labute approximate surface area is 115 Å². The molecule has 0 N–H and O–H groups in total. The van der Waals surface area contributed by atoms with E-state index < -0.39 is 0 Å². The van der Waals surface area contributed by atoms with Crippen molar-refractivity contribution in [1.82, 2.24) is 0 Å². The maximum atomic E-state index is 10.5. The minimum atomic E-state index is -0.389. The fourth-order valence-electron chi connectivity index (χ4n) is 1.47. The summed E-state index contributed by atoms with van der Waals surface area (Å²) in [6.45, 7) is 0. The van der Waals surface area contributed by atoms with E-state index in [1.54, 1.807) is 21.1 Å². The van der Waals surface area contributed by atoms with Gasteiger partial charge in [-0.3, -0.25) is 10.1 Å². The Morgan fingerprint density at radius 2 is 1.41 bits per heavy atom. The Balaban J connectivity index is 2.29. The first-order valence-corrected chi connectivity index (χ1v) is 8.20. The van der Waals surface area contributed by atoms with Gasteiger partial charge in [0.1, 0.15) is 0 Å². The molecule has 0 spiro atoms. The summed E-state index contributed by atoms with van der Waals surface area (Å²) in [5.74, 6) is 0. The lowest BCUT2D eigenvalue weighted by Crippen LogP contribution is -1.87. The first kappa shape index (κ1) is 12.4. The molecule has 2 rings (SSSR count). The fourth-order valence-corrected chi connectivity index (χ4v) is 2.59. The molecular formula is C12H8INO2S. The molecule has 0 aliphatic carbocycles. The van der Waals surface area contributed by atoms with E-state index in [-0.39, 0.29) is 10.6 Å². The maximum absolute atomic E-state index is 10.5. The predicted octanol–water partition coefficient (Wildman–Crippen LogP) is 4.70. The molecule has 0 amide bonds. The van der Waals surface area contributed by atoms with Gasteiger partial charge in [-0.05, 0) is 35.4 Å². The van der Waals surface area contributed by atoms with E-state index in [2.05, 4.69) is 21.2 Å². The second-order valence-electron chi connectivity index (χ2n) is 3.41. The Kier molecular flexibility index (Phi) is 4.01. The first-order valence-electron chi connectivity index (χ1n) is 4.84. The number of non-ortho nitro benzene ring substituents is 1. The number of hydrogen-bond acceptors (Lipinski definition) is 3. The predicted molar refractivity (Wildman–Crippen MR) is 78.4 cm³/mol. The average Bonchev–Trinajstić information content (AvgIpc) is 2.39. The van der Waals surface area contributed by atoms with Crippen molar-refractivity contribution in [2.75, 3.05) is 0 Å². The molecule has 5 heteroatoms. The van der Waals surface area contributed by atoms with Crippen LogP contribution in [0.3, 0.4) is 0 Å². The third kappa shape index (κ3) is 2.98. The van der Waals surface area contributed by atoms with Crippen LogP contribution in [0.2, 0.25) is 0 Å². The van der Waals surface area contributed by atoms with Gasteiger partial charge in [-0.2, -0.15) is 0 Å². The molecule has 0 heterocycles. The molecule has 3 nitrogen and oxygen atoms in total. The van der Waals surface area contributed by atoms with Gasteiger partial charge in [0.05, 0.1) is 4.92 Å². The van der Waals surface area contributed by atoms with Gasteiger partial charge in [-0.1, -0.05) is 21.1 Å². The van der Waals surface area contributed by atoms with Gasteiger partial charge in [0.2, 0.25) is 0 Å². The largest absolute Gasteiger partial charge is 0.269 e. The molecule has 0 aliphatic rings. The lowest BCUT2D eigenvalue weighted by atomic mass is 10.1. The fraction of sp³-hybridized carbons (Fsp3) is 0. The lowest BCUT2D eigenvalue weighted by Gasteiger charge is -2.02.